The van der Waals surface area contributed by atoms with Crippen LogP contribution in [0, 0.1) is 6.92 Å². The number of ketones is 1. The quantitative estimate of drug-likeness (QED) is 0.494. The maximum Gasteiger partial charge on any atom is 0.163 e. The van der Waals surface area contributed by atoms with E-state index < -0.39 is 0 Å². The Bertz CT molecular complexity index is 1150. The van der Waals surface area contributed by atoms with Gasteiger partial charge in [-0.25, -0.2) is 0 Å². The standard InChI is InChI=1S/C26H23ClN2O/c1-16-10-12-17(13-11-16)26-25-23(28-21-8-4-5-9-22(21)29-26)14-18(15-24(25)30)19-6-2-3-7-20(19)27/h2-13,18,26,28-29H,14-15H2,1H3. The highest BCUT2D eigenvalue weighted by molar-refractivity contribution is 6.31. The van der Waals surface area contributed by atoms with Gasteiger partial charge in [-0.15, -0.1) is 0 Å². The number of hydrogen-bond donors (Lipinski definition) is 2. The van der Waals surface area contributed by atoms with Crippen molar-refractivity contribution >= 4 is 28.8 Å². The van der Waals surface area contributed by atoms with Gasteiger partial charge in [-0.3, -0.25) is 4.79 Å². The van der Waals surface area contributed by atoms with Crippen LogP contribution >= 0.6 is 11.6 Å². The van der Waals surface area contributed by atoms with Gasteiger partial charge < -0.3 is 10.6 Å². The van der Waals surface area contributed by atoms with Crippen molar-refractivity contribution in [1.82, 2.24) is 0 Å². The molecule has 2 N–H and O–H groups in total. The zero-order valence-corrected chi connectivity index (χ0v) is 17.5. The predicted molar refractivity (Wildman–Crippen MR) is 123 cm³/mol. The second-order valence-electron chi connectivity index (χ2n) is 8.10. The number of anilines is 2. The van der Waals surface area contributed by atoms with Crippen LogP contribution in [0.25, 0.3) is 0 Å². The number of fused-ring (bicyclic) bond motifs is 1. The summed E-state index contributed by atoms with van der Waals surface area (Å²) in [7, 11) is 0. The SMILES string of the molecule is Cc1ccc(C2Nc3ccccc3NC3=C2C(=O)CC(c2ccccc2Cl)C3)cc1. The average molecular weight is 415 g/mol. The number of carbonyl (C=O) groups excluding carboxylic acids is 1. The minimum absolute atomic E-state index is 0.0707. The number of allylic oxidation sites excluding steroid dienone is 1. The largest absolute Gasteiger partial charge is 0.372 e. The number of rotatable bonds is 2. The van der Waals surface area contributed by atoms with Crippen LogP contribution in [0.2, 0.25) is 5.02 Å². The van der Waals surface area contributed by atoms with Gasteiger partial charge in [0.15, 0.2) is 5.78 Å². The van der Waals surface area contributed by atoms with E-state index in [4.69, 9.17) is 11.6 Å². The molecule has 3 aromatic rings. The molecular formula is C26H23ClN2O. The van der Waals surface area contributed by atoms with E-state index >= 15 is 0 Å². The van der Waals surface area contributed by atoms with E-state index in [-0.39, 0.29) is 17.7 Å². The van der Waals surface area contributed by atoms with Crippen molar-refractivity contribution in [3.05, 3.63) is 106 Å². The Morgan fingerprint density at radius 1 is 0.867 bits per heavy atom. The van der Waals surface area contributed by atoms with Gasteiger partial charge in [0.1, 0.15) is 0 Å². The zero-order valence-electron chi connectivity index (χ0n) is 16.8. The lowest BCUT2D eigenvalue weighted by Crippen LogP contribution is -2.27. The molecule has 150 valence electrons. The van der Waals surface area contributed by atoms with Crippen molar-refractivity contribution in [2.24, 2.45) is 0 Å². The Hall–Kier alpha value is -3.04. The monoisotopic (exact) mass is 414 g/mol. The first kappa shape index (κ1) is 19.0. The van der Waals surface area contributed by atoms with Crippen LogP contribution < -0.4 is 10.6 Å². The highest BCUT2D eigenvalue weighted by Crippen LogP contribution is 2.45. The molecule has 3 nitrogen and oxygen atoms in total. The van der Waals surface area contributed by atoms with Crippen molar-refractivity contribution < 1.29 is 4.79 Å². The van der Waals surface area contributed by atoms with E-state index in [0.29, 0.717) is 6.42 Å². The number of nitrogens with one attached hydrogen (secondary N) is 2. The third-order valence-corrected chi connectivity index (χ3v) is 6.41. The first-order valence-corrected chi connectivity index (χ1v) is 10.7. The Kier molecular flexibility index (Phi) is 4.84. The normalized spacial score (nSPS) is 20.5. The third kappa shape index (κ3) is 3.40. The van der Waals surface area contributed by atoms with Gasteiger partial charge in [-0.05, 0) is 48.6 Å². The molecule has 1 aliphatic carbocycles. The summed E-state index contributed by atoms with van der Waals surface area (Å²) >= 11 is 6.47. The molecule has 30 heavy (non-hydrogen) atoms. The van der Waals surface area contributed by atoms with Crippen molar-refractivity contribution in [2.75, 3.05) is 10.6 Å². The van der Waals surface area contributed by atoms with Crippen LogP contribution in [-0.2, 0) is 4.79 Å². The highest BCUT2D eigenvalue weighted by Gasteiger charge is 2.36. The van der Waals surface area contributed by atoms with Gasteiger partial charge >= 0.3 is 0 Å². The van der Waals surface area contributed by atoms with Crippen molar-refractivity contribution in [1.29, 1.82) is 0 Å². The van der Waals surface area contributed by atoms with Crippen LogP contribution in [0.4, 0.5) is 11.4 Å². The van der Waals surface area contributed by atoms with E-state index in [9.17, 15) is 4.79 Å². The number of carbonyl (C=O) groups is 1. The molecule has 0 saturated carbocycles. The van der Waals surface area contributed by atoms with Gasteiger partial charge in [-0.1, -0.05) is 71.8 Å². The van der Waals surface area contributed by atoms with E-state index in [1.807, 2.05) is 42.5 Å². The second kappa shape index (κ2) is 7.66. The fraction of sp³-hybridized carbons (Fsp3) is 0.192. The molecule has 0 amide bonds. The fourth-order valence-corrected chi connectivity index (χ4v) is 4.82. The second-order valence-corrected chi connectivity index (χ2v) is 8.51. The molecule has 1 aliphatic heterocycles. The summed E-state index contributed by atoms with van der Waals surface area (Å²) in [5.74, 6) is 0.237. The minimum Gasteiger partial charge on any atom is -0.372 e. The summed E-state index contributed by atoms with van der Waals surface area (Å²) in [6.45, 7) is 2.08. The number of hydrogen-bond acceptors (Lipinski definition) is 3. The number of para-hydroxylation sites is 2. The van der Waals surface area contributed by atoms with Crippen LogP contribution in [-0.4, -0.2) is 5.78 Å². The van der Waals surface area contributed by atoms with E-state index in [0.717, 1.165) is 45.2 Å². The van der Waals surface area contributed by atoms with Crippen LogP contribution in [0.15, 0.2) is 84.1 Å². The predicted octanol–water partition coefficient (Wildman–Crippen LogP) is 6.63. The lowest BCUT2D eigenvalue weighted by Gasteiger charge is -2.30. The Morgan fingerprint density at radius 3 is 2.33 bits per heavy atom. The molecule has 0 aromatic heterocycles. The molecule has 2 unspecified atom stereocenters. The van der Waals surface area contributed by atoms with Gasteiger partial charge in [0, 0.05) is 22.7 Å². The first-order valence-electron chi connectivity index (χ1n) is 10.3. The lowest BCUT2D eigenvalue weighted by molar-refractivity contribution is -0.116. The van der Waals surface area contributed by atoms with E-state index in [2.05, 4.69) is 47.9 Å². The molecule has 4 heteroatoms. The summed E-state index contributed by atoms with van der Waals surface area (Å²) < 4.78 is 0. The number of Topliss-reactive ketones (excluding diaryl/α,β-unsaturated/α-hetero) is 1. The summed E-state index contributed by atoms with van der Waals surface area (Å²) in [5.41, 5.74) is 7.15. The van der Waals surface area contributed by atoms with Gasteiger partial charge in [0.05, 0.1) is 17.4 Å². The van der Waals surface area contributed by atoms with Gasteiger partial charge in [0.2, 0.25) is 0 Å². The maximum atomic E-state index is 13.5. The average Bonchev–Trinajstić information content (AvgIpc) is 2.91. The maximum absolute atomic E-state index is 13.5. The van der Waals surface area contributed by atoms with Crippen molar-refractivity contribution in [3.8, 4) is 0 Å². The Morgan fingerprint density at radius 2 is 1.57 bits per heavy atom. The topological polar surface area (TPSA) is 41.1 Å². The summed E-state index contributed by atoms with van der Waals surface area (Å²) in [4.78, 5) is 13.5. The first-order chi connectivity index (χ1) is 14.6. The zero-order chi connectivity index (χ0) is 20.7. The summed E-state index contributed by atoms with van der Waals surface area (Å²) in [6, 6.07) is 24.2. The smallest absolute Gasteiger partial charge is 0.163 e. The molecule has 5 rings (SSSR count). The van der Waals surface area contributed by atoms with Crippen molar-refractivity contribution in [3.63, 3.8) is 0 Å². The van der Waals surface area contributed by atoms with E-state index in [1.54, 1.807) is 0 Å². The third-order valence-electron chi connectivity index (χ3n) is 6.06. The molecule has 2 aliphatic rings. The van der Waals surface area contributed by atoms with Crippen LogP contribution in [0.3, 0.4) is 0 Å². The molecule has 1 heterocycles. The molecule has 0 fully saturated rings. The van der Waals surface area contributed by atoms with Gasteiger partial charge in [0.25, 0.3) is 0 Å². The summed E-state index contributed by atoms with van der Waals surface area (Å²) in [6.07, 6.45) is 1.22. The van der Waals surface area contributed by atoms with Crippen LogP contribution in [0.5, 0.6) is 0 Å². The molecule has 3 aromatic carbocycles. The molecule has 0 bridgehead atoms. The van der Waals surface area contributed by atoms with E-state index in [1.165, 1.54) is 5.56 Å². The molecular weight excluding hydrogens is 392 g/mol. The molecule has 2 atom stereocenters. The number of halogens is 1. The molecule has 0 radical (unpaired) electrons. The fourth-order valence-electron chi connectivity index (χ4n) is 4.53. The van der Waals surface area contributed by atoms with Gasteiger partial charge in [-0.2, -0.15) is 0 Å². The Labute approximate surface area is 181 Å². The molecule has 0 saturated heterocycles. The highest BCUT2D eigenvalue weighted by atomic mass is 35.5. The lowest BCUT2D eigenvalue weighted by atomic mass is 9.78. The Balaban J connectivity index is 1.62. The number of aryl methyl sites for hydroxylation is 1. The van der Waals surface area contributed by atoms with Crippen LogP contribution in [0.1, 0.15) is 41.5 Å². The number of benzene rings is 3. The summed E-state index contributed by atoms with van der Waals surface area (Å²) in [5, 5.41) is 7.92. The molecule has 0 spiro atoms. The minimum atomic E-state index is -0.184. The van der Waals surface area contributed by atoms with Crippen molar-refractivity contribution in [2.45, 2.75) is 31.7 Å².